The second-order valence-corrected chi connectivity index (χ2v) is 5.56. The minimum atomic E-state index is 0. The van der Waals surface area contributed by atoms with Gasteiger partial charge in [0.2, 0.25) is 0 Å². The first-order valence-electron chi connectivity index (χ1n) is 7.26. The maximum Gasteiger partial charge on any atom is 0.118 e. The molecule has 1 N–H and O–H groups in total. The Morgan fingerprint density at radius 1 is 1.35 bits per heavy atom. The molecular formula is C16H27ClN2O. The van der Waals surface area contributed by atoms with E-state index < -0.39 is 0 Å². The van der Waals surface area contributed by atoms with Gasteiger partial charge >= 0.3 is 0 Å². The van der Waals surface area contributed by atoms with E-state index >= 15 is 0 Å². The Bertz CT molecular complexity index is 383. The van der Waals surface area contributed by atoms with Crippen LogP contribution in [0, 0.1) is 0 Å². The molecule has 4 heteroatoms. The molecule has 0 saturated carbocycles. The molecule has 1 fully saturated rings. The van der Waals surface area contributed by atoms with Crippen LogP contribution < -0.4 is 10.1 Å². The van der Waals surface area contributed by atoms with Gasteiger partial charge in [-0.05, 0) is 50.0 Å². The number of likely N-dealkylation sites (N-methyl/N-ethyl adjacent to an activating group) is 1. The third kappa shape index (κ3) is 4.65. The van der Waals surface area contributed by atoms with E-state index in [0.717, 1.165) is 12.3 Å². The Morgan fingerprint density at radius 3 is 2.65 bits per heavy atom. The minimum absolute atomic E-state index is 0. The maximum absolute atomic E-state index is 5.21. The molecule has 2 unspecified atom stereocenters. The fraction of sp³-hybridized carbons (Fsp3) is 0.625. The van der Waals surface area contributed by atoms with Crippen molar-refractivity contribution in [2.75, 3.05) is 33.8 Å². The lowest BCUT2D eigenvalue weighted by Crippen LogP contribution is -2.45. The molecule has 1 saturated heterocycles. The first-order chi connectivity index (χ1) is 9.22. The molecule has 0 aromatic heterocycles. The lowest BCUT2D eigenvalue weighted by Gasteiger charge is -2.34. The SMILES string of the molecule is CNC1CCCN(CC(C)c2ccc(OC)cc2)C1.Cl. The molecule has 1 aliphatic rings. The van der Waals surface area contributed by atoms with E-state index in [9.17, 15) is 0 Å². The Hall–Kier alpha value is -0.770. The van der Waals surface area contributed by atoms with E-state index in [2.05, 4.69) is 48.5 Å². The van der Waals surface area contributed by atoms with Crippen molar-refractivity contribution in [3.8, 4) is 5.75 Å². The molecule has 3 nitrogen and oxygen atoms in total. The summed E-state index contributed by atoms with van der Waals surface area (Å²) in [6.07, 6.45) is 2.62. The van der Waals surface area contributed by atoms with Crippen molar-refractivity contribution in [2.24, 2.45) is 0 Å². The van der Waals surface area contributed by atoms with Crippen LogP contribution in [0.3, 0.4) is 0 Å². The number of piperidine rings is 1. The van der Waals surface area contributed by atoms with Crippen LogP contribution in [0.5, 0.6) is 5.75 Å². The van der Waals surface area contributed by atoms with E-state index in [4.69, 9.17) is 4.74 Å². The first-order valence-corrected chi connectivity index (χ1v) is 7.26. The summed E-state index contributed by atoms with van der Waals surface area (Å²) < 4.78 is 5.21. The number of hydrogen-bond donors (Lipinski definition) is 1. The van der Waals surface area contributed by atoms with Crippen LogP contribution in [-0.2, 0) is 0 Å². The highest BCUT2D eigenvalue weighted by atomic mass is 35.5. The van der Waals surface area contributed by atoms with Crippen molar-refractivity contribution in [3.63, 3.8) is 0 Å². The molecule has 2 rings (SSSR count). The summed E-state index contributed by atoms with van der Waals surface area (Å²) in [6, 6.07) is 9.14. The number of halogens is 1. The van der Waals surface area contributed by atoms with Crippen molar-refractivity contribution in [1.82, 2.24) is 10.2 Å². The Balaban J connectivity index is 0.00000200. The van der Waals surface area contributed by atoms with Gasteiger partial charge in [0.05, 0.1) is 7.11 Å². The predicted octanol–water partition coefficient (Wildman–Crippen LogP) is 2.90. The topological polar surface area (TPSA) is 24.5 Å². The fourth-order valence-corrected chi connectivity index (χ4v) is 2.88. The van der Waals surface area contributed by atoms with E-state index in [0.29, 0.717) is 12.0 Å². The standard InChI is InChI=1S/C16H26N2O.ClH/c1-13(14-6-8-16(19-3)9-7-14)11-18-10-4-5-15(12-18)17-2;/h6-9,13,15,17H,4-5,10-12H2,1-3H3;1H. The van der Waals surface area contributed by atoms with Crippen molar-refractivity contribution >= 4 is 12.4 Å². The summed E-state index contributed by atoms with van der Waals surface area (Å²) >= 11 is 0. The van der Waals surface area contributed by atoms with Gasteiger partial charge in [-0.15, -0.1) is 12.4 Å². The zero-order valence-corrected chi connectivity index (χ0v) is 13.6. The summed E-state index contributed by atoms with van der Waals surface area (Å²) in [5.41, 5.74) is 1.40. The lowest BCUT2D eigenvalue weighted by atomic mass is 9.98. The number of benzene rings is 1. The minimum Gasteiger partial charge on any atom is -0.497 e. The molecule has 1 aromatic carbocycles. The van der Waals surface area contributed by atoms with Crippen molar-refractivity contribution in [1.29, 1.82) is 0 Å². The van der Waals surface area contributed by atoms with Gasteiger partial charge in [0.25, 0.3) is 0 Å². The molecule has 0 bridgehead atoms. The van der Waals surface area contributed by atoms with Gasteiger partial charge in [0.15, 0.2) is 0 Å². The van der Waals surface area contributed by atoms with Gasteiger partial charge in [-0.2, -0.15) is 0 Å². The van der Waals surface area contributed by atoms with Gasteiger partial charge in [0.1, 0.15) is 5.75 Å². The summed E-state index contributed by atoms with van der Waals surface area (Å²) in [7, 11) is 3.78. The summed E-state index contributed by atoms with van der Waals surface area (Å²) in [4.78, 5) is 2.58. The van der Waals surface area contributed by atoms with Gasteiger partial charge in [-0.25, -0.2) is 0 Å². The number of nitrogens with one attached hydrogen (secondary N) is 1. The Morgan fingerprint density at radius 2 is 2.05 bits per heavy atom. The average Bonchev–Trinajstić information content (AvgIpc) is 2.47. The van der Waals surface area contributed by atoms with E-state index in [-0.39, 0.29) is 12.4 Å². The second-order valence-electron chi connectivity index (χ2n) is 5.56. The molecule has 114 valence electrons. The molecule has 1 aromatic rings. The van der Waals surface area contributed by atoms with Crippen LogP contribution in [0.4, 0.5) is 0 Å². The Labute approximate surface area is 129 Å². The number of nitrogens with zero attached hydrogens (tertiary/aromatic N) is 1. The number of methoxy groups -OCH3 is 1. The third-order valence-electron chi connectivity index (χ3n) is 4.13. The molecular weight excluding hydrogens is 272 g/mol. The van der Waals surface area contributed by atoms with Gasteiger partial charge in [-0.1, -0.05) is 19.1 Å². The van der Waals surface area contributed by atoms with Crippen LogP contribution in [-0.4, -0.2) is 44.7 Å². The number of likely N-dealkylation sites (tertiary alicyclic amines) is 1. The first kappa shape index (κ1) is 17.3. The van der Waals surface area contributed by atoms with E-state index in [1.807, 2.05) is 0 Å². The number of hydrogen-bond acceptors (Lipinski definition) is 3. The molecule has 0 amide bonds. The molecule has 0 radical (unpaired) electrons. The molecule has 1 heterocycles. The molecule has 0 spiro atoms. The number of rotatable bonds is 5. The van der Waals surface area contributed by atoms with Crippen LogP contribution in [0.1, 0.15) is 31.2 Å². The normalized spacial score (nSPS) is 21.1. The van der Waals surface area contributed by atoms with Crippen LogP contribution >= 0.6 is 12.4 Å². The van der Waals surface area contributed by atoms with Crippen molar-refractivity contribution in [2.45, 2.75) is 31.7 Å². The second kappa shape index (κ2) is 8.50. The zero-order chi connectivity index (χ0) is 13.7. The third-order valence-corrected chi connectivity index (χ3v) is 4.13. The monoisotopic (exact) mass is 298 g/mol. The van der Waals surface area contributed by atoms with E-state index in [1.54, 1.807) is 7.11 Å². The van der Waals surface area contributed by atoms with Crippen molar-refractivity contribution in [3.05, 3.63) is 29.8 Å². The lowest BCUT2D eigenvalue weighted by molar-refractivity contribution is 0.187. The maximum atomic E-state index is 5.21. The smallest absolute Gasteiger partial charge is 0.118 e. The number of ether oxygens (including phenoxy) is 1. The predicted molar refractivity (Wildman–Crippen MR) is 87.2 cm³/mol. The van der Waals surface area contributed by atoms with Gasteiger partial charge in [0, 0.05) is 19.1 Å². The van der Waals surface area contributed by atoms with Gasteiger partial charge in [-0.3, -0.25) is 0 Å². The summed E-state index contributed by atoms with van der Waals surface area (Å²) in [5.74, 6) is 1.51. The summed E-state index contributed by atoms with van der Waals surface area (Å²) in [6.45, 7) is 5.87. The molecule has 2 atom stereocenters. The molecule has 0 aliphatic carbocycles. The highest BCUT2D eigenvalue weighted by molar-refractivity contribution is 5.85. The summed E-state index contributed by atoms with van der Waals surface area (Å²) in [5, 5.41) is 3.40. The highest BCUT2D eigenvalue weighted by Crippen LogP contribution is 2.21. The van der Waals surface area contributed by atoms with Crippen LogP contribution in [0.25, 0.3) is 0 Å². The highest BCUT2D eigenvalue weighted by Gasteiger charge is 2.20. The van der Waals surface area contributed by atoms with Crippen LogP contribution in [0.2, 0.25) is 0 Å². The molecule has 20 heavy (non-hydrogen) atoms. The fourth-order valence-electron chi connectivity index (χ4n) is 2.88. The van der Waals surface area contributed by atoms with Crippen molar-refractivity contribution < 1.29 is 4.74 Å². The average molecular weight is 299 g/mol. The quantitative estimate of drug-likeness (QED) is 0.904. The zero-order valence-electron chi connectivity index (χ0n) is 12.8. The van der Waals surface area contributed by atoms with Crippen LogP contribution in [0.15, 0.2) is 24.3 Å². The van der Waals surface area contributed by atoms with Gasteiger partial charge < -0.3 is 15.0 Å². The Kier molecular flexibility index (Phi) is 7.35. The largest absolute Gasteiger partial charge is 0.497 e. The molecule has 1 aliphatic heterocycles. The van der Waals surface area contributed by atoms with E-state index in [1.165, 1.54) is 31.5 Å².